The van der Waals surface area contributed by atoms with Gasteiger partial charge in [-0.3, -0.25) is 0 Å². The number of benzene rings is 1. The molecule has 0 saturated heterocycles. The lowest BCUT2D eigenvalue weighted by atomic mass is 10.2. The zero-order valence-corrected chi connectivity index (χ0v) is 12.6. The van der Waals surface area contributed by atoms with Crippen LogP contribution < -0.4 is 10.1 Å². The van der Waals surface area contributed by atoms with Gasteiger partial charge >= 0.3 is 0 Å². The van der Waals surface area contributed by atoms with Gasteiger partial charge in [0.2, 0.25) is 0 Å². The second-order valence-corrected chi connectivity index (χ2v) is 5.40. The molecule has 0 fully saturated rings. The summed E-state index contributed by atoms with van der Waals surface area (Å²) >= 11 is 9.59. The number of hydrogen-bond donors (Lipinski definition) is 1. The van der Waals surface area contributed by atoms with Crippen molar-refractivity contribution in [2.45, 2.75) is 31.7 Å². The third-order valence-corrected chi connectivity index (χ3v) is 3.95. The average Bonchev–Trinajstić information content (AvgIpc) is 2.36. The Labute approximate surface area is 117 Å². The highest BCUT2D eigenvalue weighted by Crippen LogP contribution is 2.22. The molecule has 0 radical (unpaired) electrons. The van der Waals surface area contributed by atoms with Crippen LogP contribution in [-0.2, 0) is 6.54 Å². The predicted molar refractivity (Wildman–Crippen MR) is 76.9 cm³/mol. The minimum Gasteiger partial charge on any atom is -0.497 e. The molecular weight excluding hydrogens is 302 g/mol. The maximum absolute atomic E-state index is 6.06. The Morgan fingerprint density at radius 3 is 2.88 bits per heavy atom. The highest BCUT2D eigenvalue weighted by molar-refractivity contribution is 9.10. The fourth-order valence-electron chi connectivity index (χ4n) is 1.50. The minimum absolute atomic E-state index is 0.274. The van der Waals surface area contributed by atoms with Crippen LogP contribution in [0.2, 0.25) is 0 Å². The van der Waals surface area contributed by atoms with Crippen LogP contribution in [0.5, 0.6) is 5.75 Å². The first-order chi connectivity index (χ1) is 8.17. The highest BCUT2D eigenvalue weighted by Gasteiger charge is 2.03. The lowest BCUT2D eigenvalue weighted by Crippen LogP contribution is -2.18. The van der Waals surface area contributed by atoms with E-state index in [4.69, 9.17) is 16.3 Å². The molecule has 4 heteroatoms. The Balaban J connectivity index is 2.40. The summed E-state index contributed by atoms with van der Waals surface area (Å²) in [6, 6.07) is 5.99. The standard InChI is InChI=1S/C13H19BrClNO/c1-3-11(15)6-7-16-9-10-8-12(17-2)4-5-13(10)14/h4-5,8,11,16H,3,6-7,9H2,1-2H3. The summed E-state index contributed by atoms with van der Waals surface area (Å²) < 4.78 is 6.30. The van der Waals surface area contributed by atoms with E-state index in [-0.39, 0.29) is 5.38 Å². The van der Waals surface area contributed by atoms with Crippen molar-refractivity contribution >= 4 is 27.5 Å². The van der Waals surface area contributed by atoms with Crippen molar-refractivity contribution in [2.75, 3.05) is 13.7 Å². The highest BCUT2D eigenvalue weighted by atomic mass is 79.9. The molecule has 1 rings (SSSR count). The maximum atomic E-state index is 6.06. The predicted octanol–water partition coefficient (Wildman–Crippen LogP) is 3.95. The normalized spacial score (nSPS) is 12.5. The van der Waals surface area contributed by atoms with E-state index in [2.05, 4.69) is 28.2 Å². The molecule has 1 atom stereocenters. The van der Waals surface area contributed by atoms with Gasteiger partial charge in [0.15, 0.2) is 0 Å². The zero-order chi connectivity index (χ0) is 12.7. The van der Waals surface area contributed by atoms with Crippen molar-refractivity contribution in [2.24, 2.45) is 0 Å². The van der Waals surface area contributed by atoms with Crippen LogP contribution in [0.3, 0.4) is 0 Å². The second-order valence-electron chi connectivity index (χ2n) is 3.93. The number of alkyl halides is 1. The van der Waals surface area contributed by atoms with Gasteiger partial charge in [-0.15, -0.1) is 11.6 Å². The van der Waals surface area contributed by atoms with Crippen LogP contribution in [0.15, 0.2) is 22.7 Å². The van der Waals surface area contributed by atoms with Crippen molar-refractivity contribution in [3.8, 4) is 5.75 Å². The Hall–Kier alpha value is -0.250. The summed E-state index contributed by atoms with van der Waals surface area (Å²) in [6.45, 7) is 3.87. The number of nitrogens with one attached hydrogen (secondary N) is 1. The zero-order valence-electron chi connectivity index (χ0n) is 10.3. The number of methoxy groups -OCH3 is 1. The van der Waals surface area contributed by atoms with E-state index >= 15 is 0 Å². The molecule has 0 aliphatic heterocycles. The first-order valence-electron chi connectivity index (χ1n) is 5.84. The van der Waals surface area contributed by atoms with E-state index in [1.54, 1.807) is 7.11 Å². The largest absolute Gasteiger partial charge is 0.497 e. The van der Waals surface area contributed by atoms with Gasteiger partial charge in [-0.1, -0.05) is 22.9 Å². The van der Waals surface area contributed by atoms with E-state index in [0.717, 1.165) is 36.2 Å². The van der Waals surface area contributed by atoms with Crippen molar-refractivity contribution in [1.82, 2.24) is 5.32 Å². The van der Waals surface area contributed by atoms with Crippen molar-refractivity contribution in [3.63, 3.8) is 0 Å². The van der Waals surface area contributed by atoms with E-state index in [1.807, 2.05) is 18.2 Å². The number of rotatable bonds is 7. The van der Waals surface area contributed by atoms with Gasteiger partial charge in [-0.25, -0.2) is 0 Å². The monoisotopic (exact) mass is 319 g/mol. The summed E-state index contributed by atoms with van der Waals surface area (Å²) in [5, 5.41) is 3.66. The van der Waals surface area contributed by atoms with Gasteiger partial charge in [-0.2, -0.15) is 0 Å². The summed E-state index contributed by atoms with van der Waals surface area (Å²) in [5.74, 6) is 0.883. The first-order valence-corrected chi connectivity index (χ1v) is 7.07. The molecule has 0 amide bonds. The Morgan fingerprint density at radius 2 is 2.24 bits per heavy atom. The van der Waals surface area contributed by atoms with Crippen molar-refractivity contribution in [1.29, 1.82) is 0 Å². The Bertz CT molecular complexity index is 346. The van der Waals surface area contributed by atoms with Gasteiger partial charge in [0.05, 0.1) is 7.11 Å². The van der Waals surface area contributed by atoms with Crippen LogP contribution in [0, 0.1) is 0 Å². The second kappa shape index (κ2) is 7.96. The molecule has 1 aromatic rings. The first kappa shape index (κ1) is 14.8. The van der Waals surface area contributed by atoms with E-state index < -0.39 is 0 Å². The van der Waals surface area contributed by atoms with Gasteiger partial charge in [0.1, 0.15) is 5.75 Å². The molecular formula is C13H19BrClNO. The molecule has 0 bridgehead atoms. The lowest BCUT2D eigenvalue weighted by Gasteiger charge is -2.10. The Morgan fingerprint density at radius 1 is 1.47 bits per heavy atom. The molecule has 1 N–H and O–H groups in total. The quantitative estimate of drug-likeness (QED) is 0.606. The summed E-state index contributed by atoms with van der Waals surface area (Å²) in [4.78, 5) is 0. The van der Waals surface area contributed by atoms with Gasteiger partial charge < -0.3 is 10.1 Å². The summed E-state index contributed by atoms with van der Waals surface area (Å²) in [7, 11) is 1.68. The SMILES string of the molecule is CCC(Cl)CCNCc1cc(OC)ccc1Br. The van der Waals surface area contributed by atoms with Crippen molar-refractivity contribution in [3.05, 3.63) is 28.2 Å². The van der Waals surface area contributed by atoms with Gasteiger partial charge in [-0.05, 0) is 43.1 Å². The number of hydrogen-bond acceptors (Lipinski definition) is 2. The molecule has 0 aliphatic rings. The third-order valence-electron chi connectivity index (χ3n) is 2.65. The van der Waals surface area contributed by atoms with E-state index in [1.165, 1.54) is 5.56 Å². The molecule has 0 aromatic heterocycles. The van der Waals surface area contributed by atoms with Crippen LogP contribution in [0.25, 0.3) is 0 Å². The molecule has 1 unspecified atom stereocenters. The van der Waals surface area contributed by atoms with Crippen molar-refractivity contribution < 1.29 is 4.74 Å². The van der Waals surface area contributed by atoms with E-state index in [0.29, 0.717) is 0 Å². The van der Waals surface area contributed by atoms with E-state index in [9.17, 15) is 0 Å². The number of ether oxygens (including phenoxy) is 1. The summed E-state index contributed by atoms with van der Waals surface area (Å²) in [6.07, 6.45) is 2.02. The topological polar surface area (TPSA) is 21.3 Å². The van der Waals surface area contributed by atoms with Gasteiger partial charge in [0.25, 0.3) is 0 Å². The fourth-order valence-corrected chi connectivity index (χ4v) is 2.00. The molecule has 0 aliphatic carbocycles. The third kappa shape index (κ3) is 5.28. The molecule has 96 valence electrons. The van der Waals surface area contributed by atoms with Crippen LogP contribution >= 0.6 is 27.5 Å². The molecule has 0 spiro atoms. The van der Waals surface area contributed by atoms with Crippen LogP contribution in [0.4, 0.5) is 0 Å². The molecule has 0 heterocycles. The summed E-state index contributed by atoms with van der Waals surface area (Å²) in [5.41, 5.74) is 1.20. The molecule has 0 saturated carbocycles. The molecule has 2 nitrogen and oxygen atoms in total. The lowest BCUT2D eigenvalue weighted by molar-refractivity contribution is 0.414. The fraction of sp³-hybridized carbons (Fsp3) is 0.538. The smallest absolute Gasteiger partial charge is 0.119 e. The Kier molecular flexibility index (Phi) is 6.93. The molecule has 17 heavy (non-hydrogen) atoms. The number of halogens is 2. The van der Waals surface area contributed by atoms with Crippen LogP contribution in [-0.4, -0.2) is 19.0 Å². The van der Waals surface area contributed by atoms with Crippen LogP contribution in [0.1, 0.15) is 25.3 Å². The van der Waals surface area contributed by atoms with Gasteiger partial charge in [0, 0.05) is 16.4 Å². The maximum Gasteiger partial charge on any atom is 0.119 e. The molecule has 1 aromatic carbocycles. The minimum atomic E-state index is 0.274. The average molecular weight is 321 g/mol.